The number of nitrogens with zero attached hydrogens (tertiary/aromatic N) is 3. The molecule has 4 rings (SSSR count). The number of hydrogen-bond donors (Lipinski definition) is 3. The van der Waals surface area contributed by atoms with Gasteiger partial charge in [0.1, 0.15) is 5.69 Å². The zero-order chi connectivity index (χ0) is 14.2. The minimum Gasteiger partial charge on any atom is -0.397 e. The maximum absolute atomic E-state index is 5.97. The molecule has 102 valence electrons. The van der Waals surface area contributed by atoms with Crippen LogP contribution in [0.4, 0.5) is 5.69 Å². The van der Waals surface area contributed by atoms with Crippen molar-refractivity contribution in [2.24, 2.45) is 0 Å². The number of fused-ring (bicyclic) bond motifs is 1. The van der Waals surface area contributed by atoms with Crippen LogP contribution in [0.2, 0.25) is 0 Å². The van der Waals surface area contributed by atoms with E-state index in [1.807, 2.05) is 30.3 Å². The lowest BCUT2D eigenvalue weighted by Gasteiger charge is -2.01. The van der Waals surface area contributed by atoms with Crippen molar-refractivity contribution in [3.8, 4) is 22.5 Å². The van der Waals surface area contributed by atoms with Crippen LogP contribution >= 0.6 is 0 Å². The summed E-state index contributed by atoms with van der Waals surface area (Å²) in [7, 11) is 0. The highest BCUT2D eigenvalue weighted by atomic mass is 15.1. The third kappa shape index (κ3) is 1.77. The Bertz CT molecular complexity index is 906. The largest absolute Gasteiger partial charge is 0.397 e. The van der Waals surface area contributed by atoms with Gasteiger partial charge in [0.15, 0.2) is 0 Å². The van der Waals surface area contributed by atoms with Gasteiger partial charge in [-0.2, -0.15) is 10.2 Å². The number of aromatic nitrogens is 5. The molecule has 0 bridgehead atoms. The van der Waals surface area contributed by atoms with Gasteiger partial charge in [0.2, 0.25) is 0 Å². The second-order valence-corrected chi connectivity index (χ2v) is 4.74. The average Bonchev–Trinajstić information content (AvgIpc) is 3.15. The Balaban J connectivity index is 1.95. The minimum absolute atomic E-state index is 0.678. The van der Waals surface area contributed by atoms with Gasteiger partial charge in [-0.3, -0.25) is 15.2 Å². The zero-order valence-electron chi connectivity index (χ0n) is 11.0. The molecule has 3 heterocycles. The predicted octanol–water partition coefficient (Wildman–Crippen LogP) is 2.60. The number of rotatable bonds is 2. The van der Waals surface area contributed by atoms with E-state index in [0.717, 1.165) is 33.4 Å². The van der Waals surface area contributed by atoms with Gasteiger partial charge in [-0.05, 0) is 18.2 Å². The normalized spacial score (nSPS) is 11.0. The second-order valence-electron chi connectivity index (χ2n) is 4.74. The summed E-state index contributed by atoms with van der Waals surface area (Å²) in [6.07, 6.45) is 5.30. The molecule has 0 atom stereocenters. The summed E-state index contributed by atoms with van der Waals surface area (Å²) >= 11 is 0. The van der Waals surface area contributed by atoms with Crippen molar-refractivity contribution in [2.45, 2.75) is 0 Å². The van der Waals surface area contributed by atoms with Gasteiger partial charge in [-0.15, -0.1) is 0 Å². The van der Waals surface area contributed by atoms with Gasteiger partial charge in [-0.1, -0.05) is 12.1 Å². The summed E-state index contributed by atoms with van der Waals surface area (Å²) in [5.41, 5.74) is 11.1. The number of nitrogens with two attached hydrogens (primary N) is 1. The van der Waals surface area contributed by atoms with Gasteiger partial charge in [0.25, 0.3) is 0 Å². The van der Waals surface area contributed by atoms with E-state index in [1.165, 1.54) is 0 Å². The molecule has 3 aromatic heterocycles. The van der Waals surface area contributed by atoms with Gasteiger partial charge in [0, 0.05) is 28.9 Å². The van der Waals surface area contributed by atoms with E-state index in [2.05, 4.69) is 25.4 Å². The van der Waals surface area contributed by atoms with Crippen molar-refractivity contribution >= 4 is 16.6 Å². The lowest BCUT2D eigenvalue weighted by Crippen LogP contribution is -1.85. The molecule has 0 radical (unpaired) electrons. The van der Waals surface area contributed by atoms with Gasteiger partial charge >= 0.3 is 0 Å². The highest BCUT2D eigenvalue weighted by Crippen LogP contribution is 2.34. The summed E-state index contributed by atoms with van der Waals surface area (Å²) in [6, 6.07) is 9.63. The molecule has 4 aromatic rings. The number of nitrogens with one attached hydrogen (secondary N) is 2. The Morgan fingerprint density at radius 1 is 1.00 bits per heavy atom. The molecule has 4 N–H and O–H groups in total. The monoisotopic (exact) mass is 276 g/mol. The number of para-hydroxylation sites is 1. The molecule has 0 aliphatic carbocycles. The van der Waals surface area contributed by atoms with Crippen molar-refractivity contribution in [3.05, 3.63) is 48.9 Å². The van der Waals surface area contributed by atoms with Crippen molar-refractivity contribution in [2.75, 3.05) is 5.73 Å². The quantitative estimate of drug-likeness (QED) is 0.490. The van der Waals surface area contributed by atoms with Crippen molar-refractivity contribution in [1.29, 1.82) is 0 Å². The second kappa shape index (κ2) is 4.45. The first-order chi connectivity index (χ1) is 10.3. The first kappa shape index (κ1) is 11.7. The Morgan fingerprint density at radius 2 is 1.95 bits per heavy atom. The van der Waals surface area contributed by atoms with Crippen LogP contribution in [0, 0.1) is 0 Å². The molecule has 0 aliphatic rings. The highest BCUT2D eigenvalue weighted by Gasteiger charge is 2.16. The summed E-state index contributed by atoms with van der Waals surface area (Å²) in [5.74, 6) is 0. The van der Waals surface area contributed by atoms with Crippen LogP contribution in [0.3, 0.4) is 0 Å². The first-order valence-corrected chi connectivity index (χ1v) is 6.51. The van der Waals surface area contributed by atoms with E-state index in [0.29, 0.717) is 5.69 Å². The topological polar surface area (TPSA) is 96.3 Å². The molecule has 0 aliphatic heterocycles. The minimum atomic E-state index is 0.678. The van der Waals surface area contributed by atoms with Crippen LogP contribution in [-0.4, -0.2) is 25.4 Å². The Hall–Kier alpha value is -3.15. The Morgan fingerprint density at radius 3 is 2.81 bits per heavy atom. The maximum Gasteiger partial charge on any atom is 0.104 e. The van der Waals surface area contributed by atoms with E-state index in [9.17, 15) is 0 Å². The lowest BCUT2D eigenvalue weighted by atomic mass is 10.0. The molecule has 0 spiro atoms. The standard InChI is InChI=1S/C15H12N6/c16-12-5-1-4-10-14(20-21-15(10)12)11-8-18-19-13(11)9-3-2-6-17-7-9/h1-8H,16H2,(H,18,19)(H,20,21). The molecule has 0 amide bonds. The van der Waals surface area contributed by atoms with E-state index < -0.39 is 0 Å². The molecule has 0 saturated heterocycles. The van der Waals surface area contributed by atoms with Crippen LogP contribution in [0.25, 0.3) is 33.4 Å². The van der Waals surface area contributed by atoms with Gasteiger partial charge in [-0.25, -0.2) is 0 Å². The van der Waals surface area contributed by atoms with Crippen LogP contribution < -0.4 is 5.73 Å². The average molecular weight is 276 g/mol. The van der Waals surface area contributed by atoms with Crippen LogP contribution in [-0.2, 0) is 0 Å². The molecule has 1 aromatic carbocycles. The number of H-pyrrole nitrogens is 2. The maximum atomic E-state index is 5.97. The van der Waals surface area contributed by atoms with Crippen LogP contribution in [0.5, 0.6) is 0 Å². The number of pyridine rings is 1. The fourth-order valence-corrected chi connectivity index (χ4v) is 2.47. The number of aromatic amines is 2. The summed E-state index contributed by atoms with van der Waals surface area (Å²) in [5, 5.41) is 15.5. The predicted molar refractivity (Wildman–Crippen MR) is 81.3 cm³/mol. The molecule has 0 saturated carbocycles. The van der Waals surface area contributed by atoms with E-state index in [1.54, 1.807) is 18.6 Å². The summed E-state index contributed by atoms with van der Waals surface area (Å²) in [4.78, 5) is 4.14. The number of nitrogen functional groups attached to an aromatic ring is 1. The summed E-state index contributed by atoms with van der Waals surface area (Å²) in [6.45, 7) is 0. The van der Waals surface area contributed by atoms with Crippen molar-refractivity contribution in [1.82, 2.24) is 25.4 Å². The zero-order valence-corrected chi connectivity index (χ0v) is 11.0. The van der Waals surface area contributed by atoms with E-state index >= 15 is 0 Å². The molecule has 0 unspecified atom stereocenters. The number of anilines is 1. The van der Waals surface area contributed by atoms with Crippen molar-refractivity contribution in [3.63, 3.8) is 0 Å². The van der Waals surface area contributed by atoms with Gasteiger partial charge in [0.05, 0.1) is 23.1 Å². The third-order valence-electron chi connectivity index (χ3n) is 3.48. The van der Waals surface area contributed by atoms with Gasteiger partial charge < -0.3 is 5.73 Å². The van der Waals surface area contributed by atoms with Crippen LogP contribution in [0.15, 0.2) is 48.9 Å². The molecule has 6 nitrogen and oxygen atoms in total. The van der Waals surface area contributed by atoms with Crippen molar-refractivity contribution < 1.29 is 0 Å². The molecular formula is C15H12N6. The Kier molecular flexibility index (Phi) is 2.47. The summed E-state index contributed by atoms with van der Waals surface area (Å²) < 4.78 is 0. The third-order valence-corrected chi connectivity index (χ3v) is 3.48. The molecular weight excluding hydrogens is 264 g/mol. The fraction of sp³-hybridized carbons (Fsp3) is 0. The fourth-order valence-electron chi connectivity index (χ4n) is 2.47. The number of hydrogen-bond acceptors (Lipinski definition) is 4. The van der Waals surface area contributed by atoms with Crippen LogP contribution in [0.1, 0.15) is 0 Å². The first-order valence-electron chi connectivity index (χ1n) is 6.51. The molecule has 6 heteroatoms. The smallest absolute Gasteiger partial charge is 0.104 e. The number of benzene rings is 1. The molecule has 21 heavy (non-hydrogen) atoms. The van der Waals surface area contributed by atoms with E-state index in [-0.39, 0.29) is 0 Å². The Labute approximate surface area is 120 Å². The highest BCUT2D eigenvalue weighted by molar-refractivity contribution is 6.00. The SMILES string of the molecule is Nc1cccc2c(-c3cn[nH]c3-c3cccnc3)n[nH]c12. The van der Waals surface area contributed by atoms with E-state index in [4.69, 9.17) is 5.73 Å². The molecule has 0 fully saturated rings. The lowest BCUT2D eigenvalue weighted by molar-refractivity contribution is 1.09.